The molecule has 0 aromatic heterocycles. The molecule has 2 heterocycles. The molecule has 2 atom stereocenters. The molecule has 5 heteroatoms. The molecule has 0 saturated carbocycles. The highest BCUT2D eigenvalue weighted by atomic mass is 16.2. The molecule has 2 unspecified atom stereocenters. The van der Waals surface area contributed by atoms with Gasteiger partial charge in [-0.1, -0.05) is 13.3 Å². The van der Waals surface area contributed by atoms with E-state index in [-0.39, 0.29) is 17.9 Å². The Balaban J connectivity index is 1.85. The van der Waals surface area contributed by atoms with E-state index >= 15 is 0 Å². The van der Waals surface area contributed by atoms with E-state index in [4.69, 9.17) is 0 Å². The fraction of sp³-hybridized carbons (Fsp3) is 0.857. The van der Waals surface area contributed by atoms with Gasteiger partial charge in [-0.25, -0.2) is 0 Å². The second-order valence-corrected chi connectivity index (χ2v) is 5.64. The average molecular weight is 267 g/mol. The number of carbonyl (C=O) groups excluding carboxylic acids is 2. The predicted octanol–water partition coefficient (Wildman–Crippen LogP) is 0.455. The summed E-state index contributed by atoms with van der Waals surface area (Å²) < 4.78 is 0. The number of hydrogen-bond donors (Lipinski definition) is 1. The second kappa shape index (κ2) is 6.37. The molecular formula is C14H25N3O2. The number of hydrogen-bond acceptors (Lipinski definition) is 3. The van der Waals surface area contributed by atoms with E-state index in [2.05, 4.69) is 12.2 Å². The molecule has 5 nitrogen and oxygen atoms in total. The molecule has 2 aliphatic rings. The van der Waals surface area contributed by atoms with Crippen molar-refractivity contribution in [2.75, 3.05) is 32.7 Å². The van der Waals surface area contributed by atoms with Gasteiger partial charge in [-0.05, 0) is 25.3 Å². The van der Waals surface area contributed by atoms with Crippen LogP contribution in [-0.2, 0) is 9.59 Å². The molecule has 0 aromatic rings. The van der Waals surface area contributed by atoms with E-state index in [0.29, 0.717) is 32.1 Å². The van der Waals surface area contributed by atoms with Crippen LogP contribution in [-0.4, -0.2) is 60.4 Å². The molecule has 2 fully saturated rings. The summed E-state index contributed by atoms with van der Waals surface area (Å²) in [6, 6.07) is -0.0115. The molecule has 2 aliphatic heterocycles. The van der Waals surface area contributed by atoms with Gasteiger partial charge in [-0.2, -0.15) is 0 Å². The Morgan fingerprint density at radius 3 is 2.37 bits per heavy atom. The van der Waals surface area contributed by atoms with Crippen molar-refractivity contribution in [2.24, 2.45) is 5.92 Å². The Kier molecular flexibility index (Phi) is 4.80. The van der Waals surface area contributed by atoms with Crippen molar-refractivity contribution in [1.29, 1.82) is 0 Å². The van der Waals surface area contributed by atoms with Gasteiger partial charge < -0.3 is 15.1 Å². The van der Waals surface area contributed by atoms with Gasteiger partial charge in [0.1, 0.15) is 0 Å². The van der Waals surface area contributed by atoms with Crippen LogP contribution in [0.3, 0.4) is 0 Å². The Morgan fingerprint density at radius 1 is 1.16 bits per heavy atom. The normalized spacial score (nSPS) is 28.3. The number of piperidine rings is 1. The van der Waals surface area contributed by atoms with Crippen molar-refractivity contribution in [3.05, 3.63) is 0 Å². The van der Waals surface area contributed by atoms with Crippen LogP contribution in [0.5, 0.6) is 0 Å². The molecule has 1 N–H and O–H groups in total. The van der Waals surface area contributed by atoms with Gasteiger partial charge in [0.25, 0.3) is 0 Å². The molecule has 19 heavy (non-hydrogen) atoms. The van der Waals surface area contributed by atoms with Crippen LogP contribution >= 0.6 is 0 Å². The zero-order chi connectivity index (χ0) is 13.8. The maximum absolute atomic E-state index is 12.5. The minimum Gasteiger partial charge on any atom is -0.339 e. The van der Waals surface area contributed by atoms with Gasteiger partial charge in [0.15, 0.2) is 0 Å². The standard InChI is InChI=1S/C14H25N3O2/c1-3-12-4-5-15-13(10-12)14(19)17-8-6-16(7-9-17)11(2)18/h12-13,15H,3-10H2,1-2H3. The molecule has 0 aromatic carbocycles. The number of nitrogens with one attached hydrogen (secondary N) is 1. The molecule has 0 bridgehead atoms. The third kappa shape index (κ3) is 3.47. The van der Waals surface area contributed by atoms with Crippen molar-refractivity contribution < 1.29 is 9.59 Å². The highest BCUT2D eigenvalue weighted by molar-refractivity contribution is 5.82. The monoisotopic (exact) mass is 267 g/mol. The summed E-state index contributed by atoms with van der Waals surface area (Å²) in [4.78, 5) is 27.4. The van der Waals surface area contributed by atoms with Gasteiger partial charge >= 0.3 is 0 Å². The van der Waals surface area contributed by atoms with Gasteiger partial charge in [0.2, 0.25) is 11.8 Å². The Hall–Kier alpha value is -1.10. The highest BCUT2D eigenvalue weighted by Gasteiger charge is 2.31. The van der Waals surface area contributed by atoms with Crippen LogP contribution in [0.1, 0.15) is 33.1 Å². The first kappa shape index (κ1) is 14.3. The third-order valence-corrected chi connectivity index (χ3v) is 4.42. The first-order chi connectivity index (χ1) is 9.11. The van der Waals surface area contributed by atoms with Crippen LogP contribution < -0.4 is 5.32 Å². The second-order valence-electron chi connectivity index (χ2n) is 5.64. The Labute approximate surface area is 115 Å². The van der Waals surface area contributed by atoms with E-state index < -0.39 is 0 Å². The molecule has 108 valence electrons. The van der Waals surface area contributed by atoms with E-state index in [9.17, 15) is 9.59 Å². The summed E-state index contributed by atoms with van der Waals surface area (Å²) >= 11 is 0. The summed E-state index contributed by atoms with van der Waals surface area (Å²) in [6.45, 7) is 7.42. The zero-order valence-electron chi connectivity index (χ0n) is 12.0. The molecular weight excluding hydrogens is 242 g/mol. The van der Waals surface area contributed by atoms with Crippen molar-refractivity contribution in [3.63, 3.8) is 0 Å². The highest BCUT2D eigenvalue weighted by Crippen LogP contribution is 2.20. The minimum atomic E-state index is -0.0115. The third-order valence-electron chi connectivity index (χ3n) is 4.42. The van der Waals surface area contributed by atoms with Gasteiger partial charge in [-0.3, -0.25) is 9.59 Å². The Morgan fingerprint density at radius 2 is 1.79 bits per heavy atom. The van der Waals surface area contributed by atoms with Gasteiger partial charge in [0, 0.05) is 33.1 Å². The van der Waals surface area contributed by atoms with E-state index in [1.165, 1.54) is 6.42 Å². The van der Waals surface area contributed by atoms with E-state index in [1.807, 2.05) is 9.80 Å². The van der Waals surface area contributed by atoms with Crippen molar-refractivity contribution in [3.8, 4) is 0 Å². The molecule has 2 rings (SSSR count). The lowest BCUT2D eigenvalue weighted by molar-refractivity contribution is -0.140. The summed E-state index contributed by atoms with van der Waals surface area (Å²) in [5.74, 6) is 1.00. The number of nitrogens with zero attached hydrogens (tertiary/aromatic N) is 2. The molecule has 0 aliphatic carbocycles. The lowest BCUT2D eigenvalue weighted by atomic mass is 9.90. The Bertz CT molecular complexity index is 338. The predicted molar refractivity (Wildman–Crippen MR) is 73.6 cm³/mol. The van der Waals surface area contributed by atoms with E-state index in [0.717, 1.165) is 19.4 Å². The summed E-state index contributed by atoms with van der Waals surface area (Å²) in [6.07, 6.45) is 3.30. The summed E-state index contributed by atoms with van der Waals surface area (Å²) in [5.41, 5.74) is 0. The van der Waals surface area contributed by atoms with Crippen molar-refractivity contribution in [1.82, 2.24) is 15.1 Å². The van der Waals surface area contributed by atoms with Crippen molar-refractivity contribution in [2.45, 2.75) is 39.2 Å². The average Bonchev–Trinajstić information content (AvgIpc) is 2.46. The topological polar surface area (TPSA) is 52.7 Å². The van der Waals surface area contributed by atoms with Crippen LogP contribution in [0.4, 0.5) is 0 Å². The maximum atomic E-state index is 12.5. The fourth-order valence-corrected chi connectivity index (χ4v) is 3.02. The van der Waals surface area contributed by atoms with Crippen molar-refractivity contribution >= 4 is 11.8 Å². The van der Waals surface area contributed by atoms with Crippen LogP contribution in [0.15, 0.2) is 0 Å². The maximum Gasteiger partial charge on any atom is 0.239 e. The van der Waals surface area contributed by atoms with Crippen LogP contribution in [0, 0.1) is 5.92 Å². The smallest absolute Gasteiger partial charge is 0.239 e. The van der Waals surface area contributed by atoms with Crippen LogP contribution in [0.25, 0.3) is 0 Å². The molecule has 2 amide bonds. The first-order valence-electron chi connectivity index (χ1n) is 7.39. The number of amides is 2. The first-order valence-corrected chi connectivity index (χ1v) is 7.39. The lowest BCUT2D eigenvalue weighted by Crippen LogP contribution is -2.56. The lowest BCUT2D eigenvalue weighted by Gasteiger charge is -2.38. The minimum absolute atomic E-state index is 0.0115. The van der Waals surface area contributed by atoms with Gasteiger partial charge in [0.05, 0.1) is 6.04 Å². The number of rotatable bonds is 2. The number of piperazine rings is 1. The number of carbonyl (C=O) groups is 2. The fourth-order valence-electron chi connectivity index (χ4n) is 3.02. The molecule has 0 spiro atoms. The van der Waals surface area contributed by atoms with Gasteiger partial charge in [-0.15, -0.1) is 0 Å². The summed E-state index contributed by atoms with van der Waals surface area (Å²) in [7, 11) is 0. The molecule has 2 saturated heterocycles. The summed E-state index contributed by atoms with van der Waals surface area (Å²) in [5, 5.41) is 3.34. The molecule has 0 radical (unpaired) electrons. The SMILES string of the molecule is CCC1CCNC(C(=O)N2CCN(C(C)=O)CC2)C1. The zero-order valence-corrected chi connectivity index (χ0v) is 12.0. The quantitative estimate of drug-likeness (QED) is 0.790. The largest absolute Gasteiger partial charge is 0.339 e. The van der Waals surface area contributed by atoms with Crippen LogP contribution in [0.2, 0.25) is 0 Å². The van der Waals surface area contributed by atoms with E-state index in [1.54, 1.807) is 6.92 Å².